The van der Waals surface area contributed by atoms with Crippen molar-refractivity contribution in [3.63, 3.8) is 0 Å². The summed E-state index contributed by atoms with van der Waals surface area (Å²) in [5.74, 6) is 0.565. The van der Waals surface area contributed by atoms with E-state index in [-0.39, 0.29) is 0 Å². The van der Waals surface area contributed by atoms with Crippen LogP contribution in [0.15, 0.2) is 18.2 Å². The van der Waals surface area contributed by atoms with Crippen molar-refractivity contribution in [3.8, 4) is 0 Å². The molecule has 88 valence electrons. The maximum atomic E-state index is 5.89. The normalized spacial score (nSPS) is 22.0. The number of nitrogen functional groups attached to an aromatic ring is 1. The van der Waals surface area contributed by atoms with Gasteiger partial charge in [-0.25, -0.2) is 0 Å². The van der Waals surface area contributed by atoms with Crippen molar-refractivity contribution in [3.05, 3.63) is 23.2 Å². The van der Waals surface area contributed by atoms with Crippen LogP contribution in [0.25, 0.3) is 0 Å². The largest absolute Gasteiger partial charge is 0.397 e. The van der Waals surface area contributed by atoms with Crippen molar-refractivity contribution in [1.82, 2.24) is 0 Å². The Morgan fingerprint density at radius 3 is 3.00 bits per heavy atom. The van der Waals surface area contributed by atoms with Crippen LogP contribution in [0.2, 0.25) is 5.02 Å². The van der Waals surface area contributed by atoms with Gasteiger partial charge in [0.15, 0.2) is 0 Å². The number of nitrogens with one attached hydrogen (secondary N) is 1. The highest BCUT2D eigenvalue weighted by molar-refractivity contribution is 6.31. The van der Waals surface area contributed by atoms with Gasteiger partial charge in [0.25, 0.3) is 0 Å². The number of benzene rings is 1. The van der Waals surface area contributed by atoms with Gasteiger partial charge in [-0.1, -0.05) is 11.6 Å². The molecule has 1 aromatic rings. The summed E-state index contributed by atoms with van der Waals surface area (Å²) >= 11 is 5.85. The van der Waals surface area contributed by atoms with Crippen molar-refractivity contribution in [2.75, 3.05) is 24.3 Å². The molecule has 1 saturated heterocycles. The van der Waals surface area contributed by atoms with E-state index in [1.54, 1.807) is 6.07 Å². The van der Waals surface area contributed by atoms with Gasteiger partial charge in [-0.05, 0) is 31.5 Å². The molecule has 2 unspecified atom stereocenters. The summed E-state index contributed by atoms with van der Waals surface area (Å²) < 4.78 is 5.37. The van der Waals surface area contributed by atoms with E-state index < -0.39 is 0 Å². The van der Waals surface area contributed by atoms with E-state index in [0.29, 0.717) is 22.7 Å². The Morgan fingerprint density at radius 2 is 2.38 bits per heavy atom. The number of halogens is 1. The fourth-order valence-corrected chi connectivity index (χ4v) is 2.16. The van der Waals surface area contributed by atoms with Crippen molar-refractivity contribution in [2.45, 2.75) is 19.4 Å². The fraction of sp³-hybridized carbons (Fsp3) is 0.500. The van der Waals surface area contributed by atoms with Crippen LogP contribution in [0.5, 0.6) is 0 Å². The molecule has 0 saturated carbocycles. The minimum Gasteiger partial charge on any atom is -0.397 e. The molecule has 1 aliphatic rings. The van der Waals surface area contributed by atoms with Crippen LogP contribution in [-0.2, 0) is 4.74 Å². The van der Waals surface area contributed by atoms with E-state index in [4.69, 9.17) is 22.1 Å². The Balaban J connectivity index is 2.02. The van der Waals surface area contributed by atoms with Crippen LogP contribution in [-0.4, -0.2) is 19.3 Å². The molecule has 2 rings (SSSR count). The highest BCUT2D eigenvalue weighted by Gasteiger charge is 2.22. The molecule has 0 bridgehead atoms. The molecular formula is C12H17ClN2O. The van der Waals surface area contributed by atoms with Gasteiger partial charge in [0.2, 0.25) is 0 Å². The molecule has 3 nitrogen and oxygen atoms in total. The number of rotatable bonds is 3. The first kappa shape index (κ1) is 11.6. The highest BCUT2D eigenvalue weighted by atomic mass is 35.5. The van der Waals surface area contributed by atoms with Crippen LogP contribution < -0.4 is 11.1 Å². The molecule has 0 aromatic heterocycles. The maximum Gasteiger partial charge on any atom is 0.0577 e. The van der Waals surface area contributed by atoms with Crippen molar-refractivity contribution < 1.29 is 4.74 Å². The topological polar surface area (TPSA) is 47.3 Å². The summed E-state index contributed by atoms with van der Waals surface area (Å²) in [5.41, 5.74) is 7.53. The number of hydrogen-bond acceptors (Lipinski definition) is 3. The van der Waals surface area contributed by atoms with E-state index in [9.17, 15) is 0 Å². The number of hydrogen-bond donors (Lipinski definition) is 2. The van der Waals surface area contributed by atoms with Gasteiger partial charge in [0.05, 0.1) is 18.0 Å². The molecular weight excluding hydrogens is 224 g/mol. The average molecular weight is 241 g/mol. The number of ether oxygens (including phenoxy) is 1. The first-order chi connectivity index (χ1) is 7.66. The second kappa shape index (κ2) is 4.93. The van der Waals surface area contributed by atoms with Crippen LogP contribution in [0.3, 0.4) is 0 Å². The van der Waals surface area contributed by atoms with Gasteiger partial charge >= 0.3 is 0 Å². The SMILES string of the molecule is CC(Nc1ccc(Cl)cc1N)C1CCOC1. The first-order valence-electron chi connectivity index (χ1n) is 5.56. The second-order valence-electron chi connectivity index (χ2n) is 4.29. The van der Waals surface area contributed by atoms with E-state index in [1.165, 1.54) is 0 Å². The van der Waals surface area contributed by atoms with Gasteiger partial charge in [0, 0.05) is 23.6 Å². The summed E-state index contributed by atoms with van der Waals surface area (Å²) in [5, 5.41) is 4.08. The molecule has 0 spiro atoms. The molecule has 1 fully saturated rings. The Labute approximate surface area is 101 Å². The number of nitrogens with two attached hydrogens (primary N) is 1. The zero-order valence-corrected chi connectivity index (χ0v) is 10.1. The smallest absolute Gasteiger partial charge is 0.0577 e. The molecule has 3 N–H and O–H groups in total. The summed E-state index contributed by atoms with van der Waals surface area (Å²) in [6.07, 6.45) is 1.11. The van der Waals surface area contributed by atoms with Crippen molar-refractivity contribution >= 4 is 23.0 Å². The molecule has 2 atom stereocenters. The third kappa shape index (κ3) is 2.60. The van der Waals surface area contributed by atoms with Gasteiger partial charge in [-0.2, -0.15) is 0 Å². The summed E-state index contributed by atoms with van der Waals surface area (Å²) in [6.45, 7) is 3.86. The lowest BCUT2D eigenvalue weighted by atomic mass is 10.0. The Kier molecular flexibility index (Phi) is 3.56. The standard InChI is InChI=1S/C12H17ClN2O/c1-8(9-4-5-16-7-9)15-12-3-2-10(13)6-11(12)14/h2-3,6,8-9,15H,4-5,7,14H2,1H3. The summed E-state index contributed by atoms with van der Waals surface area (Å²) in [6, 6.07) is 5.90. The van der Waals surface area contributed by atoms with Gasteiger partial charge in [-0.15, -0.1) is 0 Å². The van der Waals surface area contributed by atoms with Gasteiger partial charge < -0.3 is 15.8 Å². The lowest BCUT2D eigenvalue weighted by molar-refractivity contribution is 0.183. The van der Waals surface area contributed by atoms with Gasteiger partial charge in [0.1, 0.15) is 0 Å². The van der Waals surface area contributed by atoms with Crippen LogP contribution >= 0.6 is 11.6 Å². The quantitative estimate of drug-likeness (QED) is 0.799. The molecule has 0 radical (unpaired) electrons. The lowest BCUT2D eigenvalue weighted by Gasteiger charge is -2.21. The average Bonchev–Trinajstić information content (AvgIpc) is 2.75. The second-order valence-corrected chi connectivity index (χ2v) is 4.72. The zero-order valence-electron chi connectivity index (χ0n) is 9.37. The number of anilines is 2. The monoisotopic (exact) mass is 240 g/mol. The van der Waals surface area contributed by atoms with Crippen molar-refractivity contribution in [1.29, 1.82) is 0 Å². The molecule has 16 heavy (non-hydrogen) atoms. The third-order valence-corrected chi connectivity index (χ3v) is 3.30. The molecule has 1 aliphatic heterocycles. The van der Waals surface area contributed by atoms with E-state index >= 15 is 0 Å². The van der Waals surface area contributed by atoms with Crippen LogP contribution in [0.1, 0.15) is 13.3 Å². The molecule has 4 heteroatoms. The molecule has 1 aromatic carbocycles. The Hall–Kier alpha value is -0.930. The Bertz CT molecular complexity index is 364. The van der Waals surface area contributed by atoms with E-state index in [0.717, 1.165) is 25.3 Å². The summed E-state index contributed by atoms with van der Waals surface area (Å²) in [7, 11) is 0. The fourth-order valence-electron chi connectivity index (χ4n) is 1.98. The first-order valence-corrected chi connectivity index (χ1v) is 5.94. The van der Waals surface area contributed by atoms with Crippen LogP contribution in [0.4, 0.5) is 11.4 Å². The van der Waals surface area contributed by atoms with Gasteiger partial charge in [-0.3, -0.25) is 0 Å². The Morgan fingerprint density at radius 1 is 1.56 bits per heavy atom. The minimum atomic E-state index is 0.367. The lowest BCUT2D eigenvalue weighted by Crippen LogP contribution is -2.26. The van der Waals surface area contributed by atoms with E-state index in [2.05, 4.69) is 12.2 Å². The predicted octanol–water partition coefficient (Wildman–Crippen LogP) is 2.76. The van der Waals surface area contributed by atoms with E-state index in [1.807, 2.05) is 12.1 Å². The summed E-state index contributed by atoms with van der Waals surface area (Å²) in [4.78, 5) is 0. The predicted molar refractivity (Wildman–Crippen MR) is 67.9 cm³/mol. The maximum absolute atomic E-state index is 5.89. The molecule has 0 aliphatic carbocycles. The third-order valence-electron chi connectivity index (χ3n) is 3.07. The van der Waals surface area contributed by atoms with Crippen LogP contribution in [0, 0.1) is 5.92 Å². The minimum absolute atomic E-state index is 0.367. The zero-order chi connectivity index (χ0) is 11.5. The molecule has 0 amide bonds. The highest BCUT2D eigenvalue weighted by Crippen LogP contribution is 2.26. The molecule has 1 heterocycles. The van der Waals surface area contributed by atoms with Crippen molar-refractivity contribution in [2.24, 2.45) is 5.92 Å².